The lowest BCUT2D eigenvalue weighted by Gasteiger charge is -2.43. The maximum atomic E-state index is 5.85. The second kappa shape index (κ2) is 10.1. The first kappa shape index (κ1) is 19.5. The summed E-state index contributed by atoms with van der Waals surface area (Å²) < 4.78 is 34.7. The lowest BCUT2D eigenvalue weighted by atomic mass is 10.0. The molecular weight excluding hydrogens is 360 g/mol. The maximum absolute atomic E-state index is 5.85. The van der Waals surface area contributed by atoms with Crippen LogP contribution in [0.4, 0.5) is 0 Å². The van der Waals surface area contributed by atoms with E-state index in [0.717, 1.165) is 11.1 Å². The summed E-state index contributed by atoms with van der Waals surface area (Å²) in [5.41, 5.74) is 2.26. The van der Waals surface area contributed by atoms with E-state index < -0.39 is 0 Å². The van der Waals surface area contributed by atoms with Gasteiger partial charge in [0.1, 0.15) is 38.0 Å². The standard InChI is InChI=1S/C22H26O6/c1-3-7-17(8-4-1)11-23-13-19-21-22(28-15-25-19)20(26-16-27-21)14-24-12-18-9-5-2-6-10-18/h1-10,19-22H,11-16H2/t19-,20-,21+,22+/m0/s1. The minimum Gasteiger partial charge on any atom is -0.374 e. The van der Waals surface area contributed by atoms with Gasteiger partial charge in [-0.05, 0) is 11.1 Å². The summed E-state index contributed by atoms with van der Waals surface area (Å²) in [7, 11) is 0. The van der Waals surface area contributed by atoms with Crippen LogP contribution in [0.2, 0.25) is 0 Å². The van der Waals surface area contributed by atoms with Crippen LogP contribution < -0.4 is 0 Å². The Morgan fingerprint density at radius 2 is 1.04 bits per heavy atom. The zero-order chi connectivity index (χ0) is 19.0. The van der Waals surface area contributed by atoms with E-state index in [0.29, 0.717) is 26.4 Å². The predicted molar refractivity (Wildman–Crippen MR) is 101 cm³/mol. The molecule has 2 saturated heterocycles. The molecule has 2 aliphatic heterocycles. The summed E-state index contributed by atoms with van der Waals surface area (Å²) in [5, 5.41) is 0. The average Bonchev–Trinajstić information content (AvgIpc) is 2.76. The Balaban J connectivity index is 1.26. The molecule has 0 saturated carbocycles. The van der Waals surface area contributed by atoms with Crippen molar-refractivity contribution in [1.82, 2.24) is 0 Å². The molecule has 28 heavy (non-hydrogen) atoms. The van der Waals surface area contributed by atoms with Crippen molar-refractivity contribution in [3.63, 3.8) is 0 Å². The minimum atomic E-state index is -0.233. The highest BCUT2D eigenvalue weighted by atomic mass is 16.8. The van der Waals surface area contributed by atoms with Gasteiger partial charge in [-0.1, -0.05) is 60.7 Å². The van der Waals surface area contributed by atoms with E-state index in [1.165, 1.54) is 0 Å². The highest BCUT2D eigenvalue weighted by Gasteiger charge is 2.44. The van der Waals surface area contributed by atoms with Crippen LogP contribution in [-0.2, 0) is 41.6 Å². The molecule has 2 fully saturated rings. The van der Waals surface area contributed by atoms with Crippen LogP contribution in [0.5, 0.6) is 0 Å². The van der Waals surface area contributed by atoms with Gasteiger partial charge in [0.25, 0.3) is 0 Å². The van der Waals surface area contributed by atoms with E-state index in [1.807, 2.05) is 60.7 Å². The van der Waals surface area contributed by atoms with E-state index in [1.54, 1.807) is 0 Å². The van der Waals surface area contributed by atoms with Gasteiger partial charge in [0.05, 0.1) is 26.4 Å². The largest absolute Gasteiger partial charge is 0.374 e. The fourth-order valence-electron chi connectivity index (χ4n) is 3.45. The monoisotopic (exact) mass is 386 g/mol. The number of rotatable bonds is 8. The third-order valence-corrected chi connectivity index (χ3v) is 4.93. The molecule has 2 heterocycles. The molecule has 0 radical (unpaired) electrons. The van der Waals surface area contributed by atoms with Gasteiger partial charge < -0.3 is 28.4 Å². The van der Waals surface area contributed by atoms with Crippen molar-refractivity contribution in [1.29, 1.82) is 0 Å². The fourth-order valence-corrected chi connectivity index (χ4v) is 3.45. The summed E-state index contributed by atoms with van der Waals surface area (Å²) in [6.45, 7) is 2.36. The molecule has 0 unspecified atom stereocenters. The third kappa shape index (κ3) is 5.17. The summed E-state index contributed by atoms with van der Waals surface area (Å²) in [6.07, 6.45) is -0.849. The van der Waals surface area contributed by atoms with Gasteiger partial charge in [0.15, 0.2) is 0 Å². The average molecular weight is 386 g/mol. The van der Waals surface area contributed by atoms with Crippen LogP contribution in [0.3, 0.4) is 0 Å². The third-order valence-electron chi connectivity index (χ3n) is 4.93. The lowest BCUT2D eigenvalue weighted by Crippen LogP contribution is -2.59. The Bertz CT molecular complexity index is 633. The second-order valence-corrected chi connectivity index (χ2v) is 6.91. The number of hydrogen-bond acceptors (Lipinski definition) is 6. The van der Waals surface area contributed by atoms with Crippen molar-refractivity contribution in [2.45, 2.75) is 37.6 Å². The maximum Gasteiger partial charge on any atom is 0.147 e. The SMILES string of the molecule is c1ccc(COC[C@@H]2OCO[C@H]3[C@@H]2OCO[C@H]3COCc2ccccc2)cc1. The van der Waals surface area contributed by atoms with Crippen LogP contribution in [0.15, 0.2) is 60.7 Å². The van der Waals surface area contributed by atoms with Crippen molar-refractivity contribution in [3.05, 3.63) is 71.8 Å². The van der Waals surface area contributed by atoms with Gasteiger partial charge in [0, 0.05) is 0 Å². The molecular formula is C22H26O6. The van der Waals surface area contributed by atoms with Crippen molar-refractivity contribution in [2.24, 2.45) is 0 Å². The summed E-state index contributed by atoms with van der Waals surface area (Å²) in [6, 6.07) is 20.1. The molecule has 6 heteroatoms. The lowest BCUT2D eigenvalue weighted by molar-refractivity contribution is -0.331. The number of benzene rings is 2. The molecule has 0 aromatic heterocycles. The van der Waals surface area contributed by atoms with Gasteiger partial charge in [-0.3, -0.25) is 0 Å². The van der Waals surface area contributed by atoms with E-state index in [9.17, 15) is 0 Å². The molecule has 0 N–H and O–H groups in total. The Morgan fingerprint density at radius 3 is 1.46 bits per heavy atom. The molecule has 4 rings (SSSR count). The Hall–Kier alpha value is -1.80. The fraction of sp³-hybridized carbons (Fsp3) is 0.455. The van der Waals surface area contributed by atoms with Crippen molar-refractivity contribution in [2.75, 3.05) is 26.8 Å². The van der Waals surface area contributed by atoms with Crippen LogP contribution in [0.25, 0.3) is 0 Å². The van der Waals surface area contributed by atoms with E-state index in [4.69, 9.17) is 28.4 Å². The molecule has 2 aliphatic rings. The highest BCUT2D eigenvalue weighted by molar-refractivity contribution is 5.14. The summed E-state index contributed by atoms with van der Waals surface area (Å²) in [5.74, 6) is 0. The molecule has 150 valence electrons. The topological polar surface area (TPSA) is 55.4 Å². The normalized spacial score (nSPS) is 27.3. The molecule has 0 aliphatic carbocycles. The Morgan fingerprint density at radius 1 is 0.607 bits per heavy atom. The van der Waals surface area contributed by atoms with Crippen molar-refractivity contribution >= 4 is 0 Å². The first-order valence-electron chi connectivity index (χ1n) is 9.60. The van der Waals surface area contributed by atoms with Crippen molar-refractivity contribution < 1.29 is 28.4 Å². The second-order valence-electron chi connectivity index (χ2n) is 6.91. The molecule has 0 bridgehead atoms. The van der Waals surface area contributed by atoms with Crippen LogP contribution >= 0.6 is 0 Å². The number of fused-ring (bicyclic) bond motifs is 1. The smallest absolute Gasteiger partial charge is 0.147 e. The molecule has 4 atom stereocenters. The molecule has 0 amide bonds. The summed E-state index contributed by atoms with van der Waals surface area (Å²) in [4.78, 5) is 0. The first-order valence-corrected chi connectivity index (χ1v) is 9.60. The Labute approximate surface area is 165 Å². The minimum absolute atomic E-state index is 0.192. The number of hydrogen-bond donors (Lipinski definition) is 0. The first-order chi connectivity index (χ1) is 13.9. The highest BCUT2D eigenvalue weighted by Crippen LogP contribution is 2.26. The quantitative estimate of drug-likeness (QED) is 0.695. The molecule has 2 aromatic carbocycles. The van der Waals surface area contributed by atoms with Gasteiger partial charge in [0.2, 0.25) is 0 Å². The van der Waals surface area contributed by atoms with Crippen molar-refractivity contribution in [3.8, 4) is 0 Å². The van der Waals surface area contributed by atoms with E-state index in [-0.39, 0.29) is 38.0 Å². The molecule has 0 spiro atoms. The Kier molecular flexibility index (Phi) is 7.05. The van der Waals surface area contributed by atoms with Gasteiger partial charge in [-0.2, -0.15) is 0 Å². The predicted octanol–water partition coefficient (Wildman–Crippen LogP) is 2.90. The molecule has 6 nitrogen and oxygen atoms in total. The molecule has 2 aromatic rings. The zero-order valence-electron chi connectivity index (χ0n) is 15.8. The zero-order valence-corrected chi connectivity index (χ0v) is 15.8. The van der Waals surface area contributed by atoms with E-state index in [2.05, 4.69) is 0 Å². The van der Waals surface area contributed by atoms with Gasteiger partial charge in [-0.15, -0.1) is 0 Å². The summed E-state index contributed by atoms with van der Waals surface area (Å²) >= 11 is 0. The van der Waals surface area contributed by atoms with Crippen LogP contribution in [0.1, 0.15) is 11.1 Å². The van der Waals surface area contributed by atoms with Crippen LogP contribution in [-0.4, -0.2) is 51.2 Å². The van der Waals surface area contributed by atoms with Gasteiger partial charge in [-0.25, -0.2) is 0 Å². The van der Waals surface area contributed by atoms with Crippen LogP contribution in [0, 0.1) is 0 Å². The van der Waals surface area contributed by atoms with E-state index >= 15 is 0 Å². The number of ether oxygens (including phenoxy) is 6. The van der Waals surface area contributed by atoms with Gasteiger partial charge >= 0.3 is 0 Å².